The molecule has 6 nitrogen and oxygen atoms in total. The van der Waals surface area contributed by atoms with E-state index in [1.54, 1.807) is 29.2 Å². The summed E-state index contributed by atoms with van der Waals surface area (Å²) in [5.74, 6) is -0.0469. The topological polar surface area (TPSA) is 72.9 Å². The summed E-state index contributed by atoms with van der Waals surface area (Å²) in [5, 5.41) is 0. The van der Waals surface area contributed by atoms with Crippen LogP contribution in [0.1, 0.15) is 15.9 Å². The zero-order chi connectivity index (χ0) is 20.1. The average molecular weight is 468 g/mol. The molecule has 0 saturated carbocycles. The average Bonchev–Trinajstić information content (AvgIpc) is 3.06. The van der Waals surface area contributed by atoms with Crippen molar-refractivity contribution >= 4 is 32.0 Å². The van der Waals surface area contributed by atoms with Crippen LogP contribution in [0.25, 0.3) is 0 Å². The second-order valence-corrected chi connectivity index (χ2v) is 9.38. The number of nitrogens with zero attached hydrogens (tertiary/aromatic N) is 1. The van der Waals surface area contributed by atoms with Gasteiger partial charge in [0.25, 0.3) is 16.0 Å². The van der Waals surface area contributed by atoms with Gasteiger partial charge < -0.3 is 9.64 Å². The molecule has 150 valence electrons. The molecule has 1 heterocycles. The lowest BCUT2D eigenvalue weighted by Crippen LogP contribution is -2.30. The molecule has 1 fully saturated rings. The minimum Gasteiger partial charge on any atom is -0.373 e. The van der Waals surface area contributed by atoms with E-state index in [0.717, 1.165) is 5.56 Å². The monoisotopic (exact) mass is 467 g/mol. The maximum Gasteiger partial charge on any atom is 0.297 e. The Morgan fingerprint density at radius 3 is 2.43 bits per heavy atom. The van der Waals surface area contributed by atoms with Gasteiger partial charge in [0.05, 0.1) is 29.0 Å². The van der Waals surface area contributed by atoms with E-state index in [0.29, 0.717) is 18.7 Å². The van der Waals surface area contributed by atoms with Crippen LogP contribution >= 0.6 is 15.9 Å². The smallest absolute Gasteiger partial charge is 0.297 e. The Morgan fingerprint density at radius 2 is 1.75 bits per heavy atom. The molecule has 0 aliphatic carbocycles. The number of likely N-dealkylation sites (tertiary alicyclic amines) is 1. The second kappa shape index (κ2) is 9.17. The van der Waals surface area contributed by atoms with Crippen molar-refractivity contribution in [2.75, 3.05) is 26.3 Å². The number of alkyl halides is 1. The first-order valence-electron chi connectivity index (χ1n) is 8.93. The Hall–Kier alpha value is -1.74. The van der Waals surface area contributed by atoms with E-state index in [1.807, 2.05) is 25.1 Å². The summed E-state index contributed by atoms with van der Waals surface area (Å²) >= 11 is 3.54. The van der Waals surface area contributed by atoms with Gasteiger partial charge in [0.2, 0.25) is 0 Å². The van der Waals surface area contributed by atoms with Gasteiger partial charge in [0.15, 0.2) is 0 Å². The van der Waals surface area contributed by atoms with Crippen molar-refractivity contribution in [1.82, 2.24) is 4.90 Å². The number of carbonyl (C=O) groups is 1. The summed E-state index contributed by atoms with van der Waals surface area (Å²) in [4.78, 5) is 14.4. The van der Waals surface area contributed by atoms with Crippen LogP contribution in [0.2, 0.25) is 0 Å². The Labute approximate surface area is 173 Å². The molecule has 2 aromatic carbocycles. The number of amides is 1. The largest absolute Gasteiger partial charge is 0.373 e. The van der Waals surface area contributed by atoms with Crippen molar-refractivity contribution < 1.29 is 22.1 Å². The summed E-state index contributed by atoms with van der Waals surface area (Å²) in [5.41, 5.74) is 1.61. The predicted molar refractivity (Wildman–Crippen MR) is 109 cm³/mol. The molecule has 0 N–H and O–H groups in total. The summed E-state index contributed by atoms with van der Waals surface area (Å²) in [7, 11) is -3.80. The van der Waals surface area contributed by atoms with Gasteiger partial charge in [0.1, 0.15) is 0 Å². The number of benzene rings is 2. The van der Waals surface area contributed by atoms with Gasteiger partial charge in [0, 0.05) is 18.7 Å². The highest BCUT2D eigenvalue weighted by molar-refractivity contribution is 9.09. The Morgan fingerprint density at radius 1 is 1.07 bits per heavy atom. The van der Waals surface area contributed by atoms with Crippen LogP contribution in [0.5, 0.6) is 0 Å². The highest BCUT2D eigenvalue weighted by atomic mass is 79.9. The van der Waals surface area contributed by atoms with Crippen molar-refractivity contribution in [1.29, 1.82) is 0 Å². The number of hydrogen-bond acceptors (Lipinski definition) is 5. The zero-order valence-electron chi connectivity index (χ0n) is 15.5. The number of carbonyl (C=O) groups excluding carboxylic acids is 1. The molecule has 0 aromatic heterocycles. The van der Waals surface area contributed by atoms with Crippen molar-refractivity contribution in [2.24, 2.45) is 0 Å². The molecule has 2 aromatic rings. The molecular formula is C20H22BrNO5S. The van der Waals surface area contributed by atoms with Crippen LogP contribution < -0.4 is 0 Å². The second-order valence-electron chi connectivity index (χ2n) is 6.59. The van der Waals surface area contributed by atoms with E-state index >= 15 is 0 Å². The van der Waals surface area contributed by atoms with Crippen molar-refractivity contribution in [3.05, 3.63) is 65.7 Å². The molecule has 1 amide bonds. The molecule has 8 heteroatoms. The molecule has 3 rings (SSSR count). The molecule has 2 atom stereocenters. The normalized spacial score (nSPS) is 19.7. The molecular weight excluding hydrogens is 446 g/mol. The lowest BCUT2D eigenvalue weighted by molar-refractivity contribution is 0.0411. The van der Waals surface area contributed by atoms with E-state index in [1.165, 1.54) is 12.1 Å². The third kappa shape index (κ3) is 5.20. The third-order valence-corrected chi connectivity index (χ3v) is 6.68. The van der Waals surface area contributed by atoms with E-state index in [4.69, 9.17) is 8.92 Å². The minimum absolute atomic E-state index is 0.0196. The maximum atomic E-state index is 12.5. The van der Waals surface area contributed by atoms with Crippen molar-refractivity contribution in [3.8, 4) is 0 Å². The first-order valence-corrected chi connectivity index (χ1v) is 11.3. The van der Waals surface area contributed by atoms with Crippen LogP contribution in [-0.4, -0.2) is 56.5 Å². The maximum absolute atomic E-state index is 12.5. The molecule has 1 aliphatic heterocycles. The molecule has 1 saturated heterocycles. The quantitative estimate of drug-likeness (QED) is 0.355. The fraction of sp³-hybridized carbons (Fsp3) is 0.350. The van der Waals surface area contributed by atoms with Gasteiger partial charge in [-0.25, -0.2) is 0 Å². The van der Waals surface area contributed by atoms with E-state index in [2.05, 4.69) is 15.9 Å². The Bertz CT molecular complexity index is 902. The Balaban J connectivity index is 1.47. The van der Waals surface area contributed by atoms with E-state index < -0.39 is 10.1 Å². The lowest BCUT2D eigenvalue weighted by Gasteiger charge is -2.16. The molecule has 0 spiro atoms. The summed E-state index contributed by atoms with van der Waals surface area (Å²) in [6.45, 7) is 2.88. The number of rotatable bonds is 7. The minimum atomic E-state index is -3.80. The fourth-order valence-corrected chi connectivity index (χ4v) is 4.50. The zero-order valence-corrected chi connectivity index (χ0v) is 17.9. The highest BCUT2D eigenvalue weighted by Crippen LogP contribution is 2.22. The van der Waals surface area contributed by atoms with Crippen LogP contribution in [0.15, 0.2) is 59.5 Å². The van der Waals surface area contributed by atoms with Crippen LogP contribution in [0.3, 0.4) is 0 Å². The first kappa shape index (κ1) is 21.0. The van der Waals surface area contributed by atoms with Gasteiger partial charge >= 0.3 is 0 Å². The van der Waals surface area contributed by atoms with E-state index in [9.17, 15) is 13.2 Å². The van der Waals surface area contributed by atoms with Crippen molar-refractivity contribution in [2.45, 2.75) is 22.8 Å². The summed E-state index contributed by atoms with van der Waals surface area (Å²) in [6.07, 6.45) is -0.224. The number of ether oxygens (including phenoxy) is 1. The van der Waals surface area contributed by atoms with Crippen molar-refractivity contribution in [3.63, 3.8) is 0 Å². The van der Waals surface area contributed by atoms with Gasteiger partial charge in [-0.05, 0) is 31.2 Å². The van der Waals surface area contributed by atoms with Gasteiger partial charge in [-0.15, -0.1) is 0 Å². The predicted octanol–water partition coefficient (Wildman–Crippen LogP) is 3.01. The molecule has 0 radical (unpaired) electrons. The third-order valence-electron chi connectivity index (χ3n) is 4.47. The van der Waals surface area contributed by atoms with Gasteiger partial charge in [-0.2, -0.15) is 8.42 Å². The molecule has 0 bridgehead atoms. The summed E-state index contributed by atoms with van der Waals surface area (Å²) in [6, 6.07) is 15.6. The van der Waals surface area contributed by atoms with Crippen LogP contribution in [0, 0.1) is 6.92 Å². The van der Waals surface area contributed by atoms with Gasteiger partial charge in [-0.3, -0.25) is 8.98 Å². The first-order chi connectivity index (χ1) is 13.4. The lowest BCUT2D eigenvalue weighted by atomic mass is 10.2. The highest BCUT2D eigenvalue weighted by Gasteiger charge is 2.34. The molecule has 0 unspecified atom stereocenters. The fourth-order valence-electron chi connectivity index (χ4n) is 2.94. The number of aryl methyl sites for hydroxylation is 1. The van der Waals surface area contributed by atoms with Crippen LogP contribution in [0.4, 0.5) is 0 Å². The van der Waals surface area contributed by atoms with E-state index in [-0.39, 0.29) is 34.9 Å². The molecule has 28 heavy (non-hydrogen) atoms. The number of halogens is 1. The van der Waals surface area contributed by atoms with Crippen LogP contribution in [-0.2, 0) is 19.0 Å². The Kier molecular flexibility index (Phi) is 6.87. The van der Waals surface area contributed by atoms with Gasteiger partial charge in [-0.1, -0.05) is 51.8 Å². The number of hydrogen-bond donors (Lipinski definition) is 0. The molecule has 1 aliphatic rings. The summed E-state index contributed by atoms with van der Waals surface area (Å²) < 4.78 is 35.1. The standard InChI is InChI=1S/C20H22BrNO5S/c1-15-7-9-17(10-8-15)28(24,25)27-12-11-26-19-14-22(13-18(19)21)20(23)16-5-3-2-4-6-16/h2-10,18-19H,11-14H2,1H3/t18-,19-/m0/s1. The SMILES string of the molecule is Cc1ccc(S(=O)(=O)OCCO[C@H]2CN(C(=O)c3ccccc3)C[C@@H]2Br)cc1.